The number of nitrogens with zero attached hydrogens (tertiary/aromatic N) is 1. The number of thioether (sulfide) groups is 1. The van der Waals surface area contributed by atoms with Gasteiger partial charge in [0, 0.05) is 19.8 Å². The van der Waals surface area contributed by atoms with E-state index >= 15 is 0 Å². The minimum atomic E-state index is 0.0230. The van der Waals surface area contributed by atoms with Crippen molar-refractivity contribution in [2.45, 2.75) is 31.8 Å². The quantitative estimate of drug-likeness (QED) is 0.583. The van der Waals surface area contributed by atoms with E-state index in [1.54, 1.807) is 7.05 Å². The smallest absolute Gasteiger partial charge is 0.230 e. The van der Waals surface area contributed by atoms with Crippen LogP contribution in [0.2, 0.25) is 0 Å². The maximum absolute atomic E-state index is 11.2. The van der Waals surface area contributed by atoms with Crippen LogP contribution in [-0.2, 0) is 11.3 Å². The van der Waals surface area contributed by atoms with E-state index in [1.165, 1.54) is 17.3 Å². The Morgan fingerprint density at radius 2 is 2.28 bits per heavy atom. The van der Waals surface area contributed by atoms with Gasteiger partial charge in [0.2, 0.25) is 5.91 Å². The summed E-state index contributed by atoms with van der Waals surface area (Å²) in [6.45, 7) is 6.05. The van der Waals surface area contributed by atoms with Crippen molar-refractivity contribution < 1.29 is 4.79 Å². The first kappa shape index (κ1) is 15.0. The molecule has 100 valence electrons. The van der Waals surface area contributed by atoms with Crippen molar-refractivity contribution in [3.63, 3.8) is 0 Å². The summed E-state index contributed by atoms with van der Waals surface area (Å²) in [5.41, 5.74) is 2.31. The molecule has 0 aliphatic carbocycles. The fourth-order valence-corrected chi connectivity index (χ4v) is 2.31. The van der Waals surface area contributed by atoms with Crippen LogP contribution < -0.4 is 10.6 Å². The summed E-state index contributed by atoms with van der Waals surface area (Å²) < 4.78 is 0. The lowest BCUT2D eigenvalue weighted by atomic mass is 10.2. The predicted octanol–water partition coefficient (Wildman–Crippen LogP) is 1.73. The van der Waals surface area contributed by atoms with Crippen molar-refractivity contribution in [3.05, 3.63) is 23.4 Å². The highest BCUT2D eigenvalue weighted by Gasteiger charge is 2.05. The van der Waals surface area contributed by atoms with Crippen LogP contribution in [0.5, 0.6) is 0 Å². The number of aromatic nitrogens is 1. The van der Waals surface area contributed by atoms with E-state index in [0.717, 1.165) is 30.1 Å². The van der Waals surface area contributed by atoms with Gasteiger partial charge in [0.25, 0.3) is 0 Å². The molecule has 1 rings (SSSR count). The van der Waals surface area contributed by atoms with Crippen LogP contribution >= 0.6 is 11.8 Å². The summed E-state index contributed by atoms with van der Waals surface area (Å²) in [6.07, 6.45) is 3.01. The zero-order chi connectivity index (χ0) is 13.4. The molecule has 4 nitrogen and oxygen atoms in total. The molecule has 0 unspecified atom stereocenters. The lowest BCUT2D eigenvalue weighted by Gasteiger charge is -2.07. The molecule has 0 spiro atoms. The molecule has 0 saturated heterocycles. The lowest BCUT2D eigenvalue weighted by molar-refractivity contribution is -0.118. The minimum absolute atomic E-state index is 0.0230. The molecule has 1 aromatic rings. The largest absolute Gasteiger partial charge is 0.358 e. The Hall–Kier alpha value is -1.07. The Kier molecular flexibility index (Phi) is 6.75. The number of aryl methyl sites for hydroxylation is 1. The van der Waals surface area contributed by atoms with Gasteiger partial charge in [0.15, 0.2) is 0 Å². The highest BCUT2D eigenvalue weighted by Crippen LogP contribution is 2.20. The molecule has 2 N–H and O–H groups in total. The van der Waals surface area contributed by atoms with E-state index in [0.29, 0.717) is 5.75 Å². The second-order valence-corrected chi connectivity index (χ2v) is 5.07. The zero-order valence-electron chi connectivity index (χ0n) is 11.2. The summed E-state index contributed by atoms with van der Waals surface area (Å²) in [5.74, 6) is 0.438. The molecule has 0 aromatic carbocycles. The molecule has 5 heteroatoms. The highest BCUT2D eigenvalue weighted by molar-refractivity contribution is 7.99. The maximum atomic E-state index is 11.2. The fraction of sp³-hybridized carbons (Fsp3) is 0.538. The molecule has 0 atom stereocenters. The highest BCUT2D eigenvalue weighted by atomic mass is 32.2. The van der Waals surface area contributed by atoms with Crippen molar-refractivity contribution in [1.29, 1.82) is 0 Å². The predicted molar refractivity (Wildman–Crippen MR) is 75.8 cm³/mol. The standard InChI is InChI=1S/C13H21N3OS/c1-4-5-15-7-11-6-10(2)13(16-8-11)18-9-12(17)14-3/h6,8,15H,4-5,7,9H2,1-3H3,(H,14,17). The summed E-state index contributed by atoms with van der Waals surface area (Å²) in [7, 11) is 1.64. The number of nitrogens with one attached hydrogen (secondary N) is 2. The Bertz CT molecular complexity index is 396. The van der Waals surface area contributed by atoms with E-state index in [1.807, 2.05) is 13.1 Å². The second kappa shape index (κ2) is 8.11. The van der Waals surface area contributed by atoms with Gasteiger partial charge in [-0.2, -0.15) is 0 Å². The summed E-state index contributed by atoms with van der Waals surface area (Å²) in [6, 6.07) is 2.13. The van der Waals surface area contributed by atoms with Crippen LogP contribution in [0.25, 0.3) is 0 Å². The molecule has 1 heterocycles. The third kappa shape index (κ3) is 5.06. The Morgan fingerprint density at radius 3 is 2.89 bits per heavy atom. The van der Waals surface area contributed by atoms with Crippen LogP contribution in [0.1, 0.15) is 24.5 Å². The monoisotopic (exact) mass is 267 g/mol. The van der Waals surface area contributed by atoms with Crippen LogP contribution in [-0.4, -0.2) is 30.2 Å². The number of carbonyl (C=O) groups excluding carboxylic acids is 1. The van der Waals surface area contributed by atoms with Gasteiger partial charge in [-0.3, -0.25) is 4.79 Å². The number of hydrogen-bond donors (Lipinski definition) is 2. The number of pyridine rings is 1. The van der Waals surface area contributed by atoms with Gasteiger partial charge in [-0.05, 0) is 31.0 Å². The van der Waals surface area contributed by atoms with Crippen molar-refractivity contribution in [2.24, 2.45) is 0 Å². The van der Waals surface area contributed by atoms with Crippen LogP contribution in [0.15, 0.2) is 17.3 Å². The first-order valence-electron chi connectivity index (χ1n) is 6.17. The van der Waals surface area contributed by atoms with Gasteiger partial charge < -0.3 is 10.6 Å². The SMILES string of the molecule is CCCNCc1cnc(SCC(=O)NC)c(C)c1. The van der Waals surface area contributed by atoms with Gasteiger partial charge in [-0.1, -0.05) is 24.8 Å². The molecule has 1 amide bonds. The molecule has 18 heavy (non-hydrogen) atoms. The number of amides is 1. The van der Waals surface area contributed by atoms with Gasteiger partial charge in [0.05, 0.1) is 10.8 Å². The first-order valence-corrected chi connectivity index (χ1v) is 7.15. The molecule has 0 fully saturated rings. The number of carbonyl (C=O) groups is 1. The topological polar surface area (TPSA) is 54.0 Å². The van der Waals surface area contributed by atoms with E-state index in [4.69, 9.17) is 0 Å². The summed E-state index contributed by atoms with van der Waals surface area (Å²) in [4.78, 5) is 15.6. The fourth-order valence-electron chi connectivity index (χ4n) is 1.48. The lowest BCUT2D eigenvalue weighted by Crippen LogP contribution is -2.19. The van der Waals surface area contributed by atoms with Crippen molar-refractivity contribution >= 4 is 17.7 Å². The van der Waals surface area contributed by atoms with Crippen LogP contribution in [0, 0.1) is 6.92 Å². The van der Waals surface area contributed by atoms with Gasteiger partial charge in [-0.15, -0.1) is 0 Å². The average molecular weight is 267 g/mol. The van der Waals surface area contributed by atoms with E-state index in [2.05, 4.69) is 28.6 Å². The second-order valence-electron chi connectivity index (χ2n) is 4.10. The van der Waals surface area contributed by atoms with E-state index in [9.17, 15) is 4.79 Å². The van der Waals surface area contributed by atoms with Gasteiger partial charge in [0.1, 0.15) is 0 Å². The number of rotatable bonds is 7. The molecule has 0 saturated carbocycles. The van der Waals surface area contributed by atoms with Crippen molar-refractivity contribution in [1.82, 2.24) is 15.6 Å². The van der Waals surface area contributed by atoms with Crippen molar-refractivity contribution in [2.75, 3.05) is 19.3 Å². The first-order chi connectivity index (χ1) is 8.67. The molecular weight excluding hydrogens is 246 g/mol. The summed E-state index contributed by atoms with van der Waals surface area (Å²) >= 11 is 1.47. The zero-order valence-corrected chi connectivity index (χ0v) is 12.1. The molecular formula is C13H21N3OS. The van der Waals surface area contributed by atoms with Crippen molar-refractivity contribution in [3.8, 4) is 0 Å². The molecule has 0 aliphatic rings. The molecule has 0 radical (unpaired) electrons. The normalized spacial score (nSPS) is 10.4. The third-order valence-corrected chi connectivity index (χ3v) is 3.57. The summed E-state index contributed by atoms with van der Waals surface area (Å²) in [5, 5.41) is 6.88. The van der Waals surface area contributed by atoms with Crippen LogP contribution in [0.4, 0.5) is 0 Å². The van der Waals surface area contributed by atoms with E-state index < -0.39 is 0 Å². The average Bonchev–Trinajstić information content (AvgIpc) is 2.37. The Labute approximate surface area is 113 Å². The number of hydrogen-bond acceptors (Lipinski definition) is 4. The molecule has 0 bridgehead atoms. The third-order valence-electron chi connectivity index (χ3n) is 2.46. The Balaban J connectivity index is 2.53. The molecule has 0 aliphatic heterocycles. The Morgan fingerprint density at radius 1 is 1.50 bits per heavy atom. The van der Waals surface area contributed by atoms with Gasteiger partial charge in [-0.25, -0.2) is 4.98 Å². The van der Waals surface area contributed by atoms with E-state index in [-0.39, 0.29) is 5.91 Å². The molecule has 1 aromatic heterocycles. The minimum Gasteiger partial charge on any atom is -0.358 e. The van der Waals surface area contributed by atoms with Gasteiger partial charge >= 0.3 is 0 Å². The maximum Gasteiger partial charge on any atom is 0.230 e. The van der Waals surface area contributed by atoms with Crippen LogP contribution in [0.3, 0.4) is 0 Å².